The lowest BCUT2D eigenvalue weighted by molar-refractivity contribution is -0.140. The van der Waals surface area contributed by atoms with Crippen LogP contribution < -0.4 is 0 Å². The molecular formula is C11H12N2O3. The van der Waals surface area contributed by atoms with Crippen LogP contribution in [0, 0.1) is 5.92 Å². The summed E-state index contributed by atoms with van der Waals surface area (Å²) in [5, 5.41) is 9.10. The zero-order valence-electron chi connectivity index (χ0n) is 9.04. The fourth-order valence-corrected chi connectivity index (χ4v) is 1.59. The molecule has 0 fully saturated rings. The van der Waals surface area contributed by atoms with Crippen molar-refractivity contribution in [2.75, 3.05) is 0 Å². The van der Waals surface area contributed by atoms with Gasteiger partial charge in [0.25, 0.3) is 0 Å². The van der Waals surface area contributed by atoms with Crippen molar-refractivity contribution in [3.63, 3.8) is 0 Å². The zero-order valence-corrected chi connectivity index (χ0v) is 9.04. The van der Waals surface area contributed by atoms with Crippen LogP contribution in [0.2, 0.25) is 0 Å². The second-order valence-electron chi connectivity index (χ2n) is 3.94. The first-order valence-corrected chi connectivity index (χ1v) is 5.04. The van der Waals surface area contributed by atoms with Crippen LogP contribution in [-0.4, -0.2) is 21.0 Å². The number of carboxylic acid groups (broad SMARTS) is 1. The molecule has 2 aromatic heterocycles. The Balaban J connectivity index is 2.49. The highest BCUT2D eigenvalue weighted by Gasteiger charge is 2.28. The quantitative estimate of drug-likeness (QED) is 0.856. The zero-order chi connectivity index (χ0) is 11.7. The molecule has 16 heavy (non-hydrogen) atoms. The van der Waals surface area contributed by atoms with Crippen molar-refractivity contribution in [3.05, 3.63) is 24.2 Å². The lowest BCUT2D eigenvalue weighted by Crippen LogP contribution is -2.17. The van der Waals surface area contributed by atoms with Gasteiger partial charge < -0.3 is 9.52 Å². The van der Waals surface area contributed by atoms with Gasteiger partial charge in [-0.2, -0.15) is 4.98 Å². The first-order chi connectivity index (χ1) is 7.59. The summed E-state index contributed by atoms with van der Waals surface area (Å²) in [6.45, 7) is 3.64. The Hall–Kier alpha value is -1.91. The molecule has 2 heterocycles. The highest BCUT2D eigenvalue weighted by atomic mass is 16.4. The second-order valence-corrected chi connectivity index (χ2v) is 3.94. The number of aromatic nitrogens is 2. The maximum absolute atomic E-state index is 11.1. The Morgan fingerprint density at radius 3 is 2.81 bits per heavy atom. The van der Waals surface area contributed by atoms with Gasteiger partial charge in [0.15, 0.2) is 11.2 Å². The first-order valence-electron chi connectivity index (χ1n) is 5.04. The van der Waals surface area contributed by atoms with Crippen LogP contribution in [0.4, 0.5) is 0 Å². The smallest absolute Gasteiger partial charge is 0.316 e. The summed E-state index contributed by atoms with van der Waals surface area (Å²) in [6, 6.07) is 3.44. The molecule has 5 heteroatoms. The molecule has 0 saturated heterocycles. The van der Waals surface area contributed by atoms with Gasteiger partial charge in [-0.15, -0.1) is 0 Å². The SMILES string of the molecule is CC(C)C(C(=O)O)c1nc2ncccc2o1. The van der Waals surface area contributed by atoms with E-state index in [-0.39, 0.29) is 11.8 Å². The number of aliphatic carboxylic acids is 1. The molecule has 0 saturated carbocycles. The Kier molecular flexibility index (Phi) is 2.60. The Labute approximate surface area is 92.1 Å². The molecule has 0 aliphatic rings. The second kappa shape index (κ2) is 3.92. The Morgan fingerprint density at radius 1 is 1.50 bits per heavy atom. The summed E-state index contributed by atoms with van der Waals surface area (Å²) in [6.07, 6.45) is 1.60. The summed E-state index contributed by atoms with van der Waals surface area (Å²) >= 11 is 0. The molecule has 0 bridgehead atoms. The molecular weight excluding hydrogens is 208 g/mol. The summed E-state index contributed by atoms with van der Waals surface area (Å²) < 4.78 is 5.40. The molecule has 2 aromatic rings. The van der Waals surface area contributed by atoms with E-state index in [0.717, 1.165) is 0 Å². The van der Waals surface area contributed by atoms with Crippen molar-refractivity contribution < 1.29 is 14.3 Å². The fourth-order valence-electron chi connectivity index (χ4n) is 1.59. The van der Waals surface area contributed by atoms with Gasteiger partial charge in [-0.3, -0.25) is 4.79 Å². The molecule has 1 atom stereocenters. The van der Waals surface area contributed by atoms with Gasteiger partial charge in [0.2, 0.25) is 5.89 Å². The van der Waals surface area contributed by atoms with E-state index in [4.69, 9.17) is 9.52 Å². The van der Waals surface area contributed by atoms with Crippen LogP contribution in [0.25, 0.3) is 11.2 Å². The van der Waals surface area contributed by atoms with Crippen LogP contribution in [0.15, 0.2) is 22.7 Å². The van der Waals surface area contributed by atoms with Crippen molar-refractivity contribution >= 4 is 17.2 Å². The summed E-state index contributed by atoms with van der Waals surface area (Å²) in [5.74, 6) is -1.52. The Morgan fingerprint density at radius 2 is 2.25 bits per heavy atom. The molecule has 0 aromatic carbocycles. The maximum Gasteiger partial charge on any atom is 0.316 e. The monoisotopic (exact) mass is 220 g/mol. The predicted octanol–water partition coefficient (Wildman–Crippen LogP) is 2.05. The number of oxazole rings is 1. The molecule has 84 valence electrons. The van der Waals surface area contributed by atoms with Gasteiger partial charge in [0.1, 0.15) is 5.92 Å². The van der Waals surface area contributed by atoms with E-state index in [1.165, 1.54) is 0 Å². The highest BCUT2D eigenvalue weighted by Crippen LogP contribution is 2.26. The van der Waals surface area contributed by atoms with E-state index in [0.29, 0.717) is 11.2 Å². The van der Waals surface area contributed by atoms with Crippen LogP contribution in [0.1, 0.15) is 25.7 Å². The van der Waals surface area contributed by atoms with Crippen molar-refractivity contribution in [3.8, 4) is 0 Å². The van der Waals surface area contributed by atoms with Crippen molar-refractivity contribution in [2.24, 2.45) is 5.92 Å². The van der Waals surface area contributed by atoms with Crippen molar-refractivity contribution in [1.82, 2.24) is 9.97 Å². The molecule has 5 nitrogen and oxygen atoms in total. The molecule has 0 spiro atoms. The number of hydrogen-bond acceptors (Lipinski definition) is 4. The van der Waals surface area contributed by atoms with Crippen molar-refractivity contribution in [1.29, 1.82) is 0 Å². The molecule has 0 aliphatic heterocycles. The van der Waals surface area contributed by atoms with E-state index in [2.05, 4.69) is 9.97 Å². The number of fused-ring (bicyclic) bond motifs is 1. The fraction of sp³-hybridized carbons (Fsp3) is 0.364. The third kappa shape index (κ3) is 1.76. The molecule has 1 unspecified atom stereocenters. The van der Waals surface area contributed by atoms with E-state index in [1.807, 2.05) is 13.8 Å². The number of hydrogen-bond donors (Lipinski definition) is 1. The minimum Gasteiger partial charge on any atom is -0.481 e. The Bertz CT molecular complexity index is 486. The molecule has 0 radical (unpaired) electrons. The third-order valence-corrected chi connectivity index (χ3v) is 2.38. The van der Waals surface area contributed by atoms with Crippen molar-refractivity contribution in [2.45, 2.75) is 19.8 Å². The van der Waals surface area contributed by atoms with E-state index >= 15 is 0 Å². The van der Waals surface area contributed by atoms with Crippen LogP contribution in [0.5, 0.6) is 0 Å². The number of nitrogens with zero attached hydrogens (tertiary/aromatic N) is 2. The molecule has 0 amide bonds. The minimum atomic E-state index is -0.929. The van der Waals surface area contributed by atoms with E-state index in [1.54, 1.807) is 18.3 Å². The summed E-state index contributed by atoms with van der Waals surface area (Å²) in [5.41, 5.74) is 0.966. The first kappa shape index (κ1) is 10.6. The maximum atomic E-state index is 11.1. The van der Waals surface area contributed by atoms with Crippen LogP contribution in [0.3, 0.4) is 0 Å². The number of carboxylic acids is 1. The average Bonchev–Trinajstić information content (AvgIpc) is 2.58. The number of pyridine rings is 1. The van der Waals surface area contributed by atoms with Crippen LogP contribution in [-0.2, 0) is 4.79 Å². The van der Waals surface area contributed by atoms with Gasteiger partial charge in [-0.25, -0.2) is 4.98 Å². The molecule has 1 N–H and O–H groups in total. The number of rotatable bonds is 3. The summed E-state index contributed by atoms with van der Waals surface area (Å²) in [4.78, 5) is 19.2. The highest BCUT2D eigenvalue weighted by molar-refractivity contribution is 5.76. The predicted molar refractivity (Wildman–Crippen MR) is 57.0 cm³/mol. The van der Waals surface area contributed by atoms with Gasteiger partial charge in [-0.1, -0.05) is 13.8 Å². The lowest BCUT2D eigenvalue weighted by atomic mass is 9.96. The summed E-state index contributed by atoms with van der Waals surface area (Å²) in [7, 11) is 0. The standard InChI is InChI=1S/C11H12N2O3/c1-6(2)8(11(14)15)10-13-9-7(16-10)4-3-5-12-9/h3-6,8H,1-2H3,(H,14,15). The van der Waals surface area contributed by atoms with Gasteiger partial charge in [-0.05, 0) is 18.1 Å². The van der Waals surface area contributed by atoms with E-state index < -0.39 is 11.9 Å². The van der Waals surface area contributed by atoms with Crippen LogP contribution >= 0.6 is 0 Å². The normalized spacial score (nSPS) is 13.2. The number of carbonyl (C=O) groups is 1. The third-order valence-electron chi connectivity index (χ3n) is 2.38. The largest absolute Gasteiger partial charge is 0.481 e. The van der Waals surface area contributed by atoms with Gasteiger partial charge >= 0.3 is 5.97 Å². The van der Waals surface area contributed by atoms with Gasteiger partial charge in [0, 0.05) is 6.20 Å². The van der Waals surface area contributed by atoms with E-state index in [9.17, 15) is 4.79 Å². The minimum absolute atomic E-state index is 0.0782. The lowest BCUT2D eigenvalue weighted by Gasteiger charge is -2.11. The topological polar surface area (TPSA) is 76.2 Å². The molecule has 0 aliphatic carbocycles. The van der Waals surface area contributed by atoms with Gasteiger partial charge in [0.05, 0.1) is 0 Å². The molecule has 2 rings (SSSR count). The average molecular weight is 220 g/mol.